The predicted octanol–water partition coefficient (Wildman–Crippen LogP) is 18.6. The van der Waals surface area contributed by atoms with Crippen LogP contribution in [0.5, 0.6) is 0 Å². The topological polar surface area (TPSA) is 61.8 Å². The standard InChI is InChI=1S/C61H100O5/c1-4-7-10-13-16-19-22-25-28-30-31-32-34-36-39-42-45-48-51-54-60(62)65-58-59(57-64-56-53-50-47-44-41-38-35-29-26-23-20-17-14-11-8-5-2)66-61(63)55-52-49-46-43-40-37-33-27-24-21-18-15-12-9-6-3/h7-8,10-11,16-17,19-20,25-26,28-29,31-32,36,38-39,41,47,50,59H,4-6,9,12-15,18,21-24,27,30,33-35,37,40,42-46,48-49,51-58H2,1-3H3/b10-7-,11-8-,19-16-,20-17-,28-25-,29-26-,32-31-,39-36-,41-38-,50-47-. The van der Waals surface area contributed by atoms with Crippen LogP contribution in [0.25, 0.3) is 0 Å². The first kappa shape index (κ1) is 62.3. The number of ether oxygens (including phenoxy) is 3. The van der Waals surface area contributed by atoms with Gasteiger partial charge >= 0.3 is 11.9 Å². The third-order valence-corrected chi connectivity index (χ3v) is 11.0. The van der Waals surface area contributed by atoms with Gasteiger partial charge in [0.05, 0.1) is 13.2 Å². The van der Waals surface area contributed by atoms with Crippen molar-refractivity contribution in [1.29, 1.82) is 0 Å². The van der Waals surface area contributed by atoms with E-state index in [1.54, 1.807) is 0 Å². The fraction of sp³-hybridized carbons (Fsp3) is 0.639. The van der Waals surface area contributed by atoms with Crippen LogP contribution in [-0.4, -0.2) is 37.9 Å². The highest BCUT2D eigenvalue weighted by molar-refractivity contribution is 5.70. The Labute approximate surface area is 407 Å². The van der Waals surface area contributed by atoms with Crippen molar-refractivity contribution in [3.8, 4) is 0 Å². The minimum absolute atomic E-state index is 0.0329. The molecule has 0 heterocycles. The van der Waals surface area contributed by atoms with Crippen molar-refractivity contribution in [2.24, 2.45) is 0 Å². The average Bonchev–Trinajstić information content (AvgIpc) is 3.32. The van der Waals surface area contributed by atoms with E-state index in [2.05, 4.69) is 142 Å². The SMILES string of the molecule is CC/C=C\C/C=C\C/C=C\C/C=C\C/C=C\CCCCCC(=O)OCC(COCC/C=C\C/C=C\C/C=C\C/C=C\C/C=C\CC)OC(=O)CCCCCCCCCCCCCCCCC. The smallest absolute Gasteiger partial charge is 0.306 e. The van der Waals surface area contributed by atoms with Crippen LogP contribution in [0.1, 0.15) is 226 Å². The number of carbonyl (C=O) groups is 2. The summed E-state index contributed by atoms with van der Waals surface area (Å²) in [7, 11) is 0. The molecule has 5 heteroatoms. The zero-order valence-electron chi connectivity index (χ0n) is 42.9. The van der Waals surface area contributed by atoms with E-state index < -0.39 is 6.10 Å². The second kappa shape index (κ2) is 55.6. The van der Waals surface area contributed by atoms with Crippen LogP contribution < -0.4 is 0 Å². The number of esters is 2. The molecule has 0 aliphatic carbocycles. The van der Waals surface area contributed by atoms with E-state index in [-0.39, 0.29) is 25.2 Å². The summed E-state index contributed by atoms with van der Waals surface area (Å²) < 4.78 is 17.3. The highest BCUT2D eigenvalue weighted by Gasteiger charge is 2.17. The maximum absolute atomic E-state index is 12.8. The molecule has 0 rings (SSSR count). The number of allylic oxidation sites excluding steroid dienone is 19. The van der Waals surface area contributed by atoms with Gasteiger partial charge in [-0.1, -0.05) is 239 Å². The quantitative estimate of drug-likeness (QED) is 0.0346. The molecule has 0 aromatic heterocycles. The minimum atomic E-state index is -0.596. The molecule has 1 unspecified atom stereocenters. The molecule has 0 aliphatic rings. The predicted molar refractivity (Wildman–Crippen MR) is 288 cm³/mol. The van der Waals surface area contributed by atoms with Crippen molar-refractivity contribution < 1.29 is 23.8 Å². The molecule has 0 bridgehead atoms. The van der Waals surface area contributed by atoms with E-state index in [1.807, 2.05) is 0 Å². The van der Waals surface area contributed by atoms with Gasteiger partial charge in [-0.2, -0.15) is 0 Å². The van der Waals surface area contributed by atoms with Gasteiger partial charge < -0.3 is 14.2 Å². The second-order valence-electron chi connectivity index (χ2n) is 17.4. The van der Waals surface area contributed by atoms with E-state index in [1.165, 1.54) is 77.0 Å². The molecule has 0 aromatic carbocycles. The van der Waals surface area contributed by atoms with Gasteiger partial charge in [0, 0.05) is 12.8 Å². The molecule has 0 fully saturated rings. The van der Waals surface area contributed by atoms with Gasteiger partial charge in [0.1, 0.15) is 6.61 Å². The number of hydrogen-bond donors (Lipinski definition) is 0. The lowest BCUT2D eigenvalue weighted by atomic mass is 10.0. The fourth-order valence-corrected chi connectivity index (χ4v) is 7.07. The summed E-state index contributed by atoms with van der Waals surface area (Å²) in [6.07, 6.45) is 78.0. The zero-order valence-corrected chi connectivity index (χ0v) is 42.9. The lowest BCUT2D eigenvalue weighted by Crippen LogP contribution is -2.30. The highest BCUT2D eigenvalue weighted by atomic mass is 16.6. The van der Waals surface area contributed by atoms with Crippen LogP contribution in [0.15, 0.2) is 122 Å². The zero-order chi connectivity index (χ0) is 47.7. The van der Waals surface area contributed by atoms with E-state index >= 15 is 0 Å². The Bertz CT molecular complexity index is 1350. The molecule has 0 N–H and O–H groups in total. The van der Waals surface area contributed by atoms with Gasteiger partial charge in [-0.05, 0) is 96.3 Å². The number of unbranched alkanes of at least 4 members (excludes halogenated alkanes) is 17. The molecule has 0 spiro atoms. The summed E-state index contributed by atoms with van der Waals surface area (Å²) in [5.41, 5.74) is 0. The molecular weight excluding hydrogens is 813 g/mol. The van der Waals surface area contributed by atoms with E-state index in [4.69, 9.17) is 14.2 Å². The molecule has 1 atom stereocenters. The molecular formula is C61H100O5. The monoisotopic (exact) mass is 913 g/mol. The van der Waals surface area contributed by atoms with Crippen LogP contribution in [0.2, 0.25) is 0 Å². The molecule has 374 valence electrons. The summed E-state index contributed by atoms with van der Waals surface area (Å²) in [6.45, 7) is 7.36. The summed E-state index contributed by atoms with van der Waals surface area (Å²) in [5, 5.41) is 0. The number of hydrogen-bond acceptors (Lipinski definition) is 5. The Morgan fingerprint density at radius 2 is 0.682 bits per heavy atom. The third-order valence-electron chi connectivity index (χ3n) is 11.0. The van der Waals surface area contributed by atoms with Crippen molar-refractivity contribution >= 4 is 11.9 Å². The van der Waals surface area contributed by atoms with Gasteiger partial charge in [-0.3, -0.25) is 9.59 Å². The normalized spacial score (nSPS) is 13.2. The first-order chi connectivity index (χ1) is 32.6. The summed E-state index contributed by atoms with van der Waals surface area (Å²) in [5.74, 6) is -0.477. The highest BCUT2D eigenvalue weighted by Crippen LogP contribution is 2.15. The Morgan fingerprint density at radius 1 is 0.348 bits per heavy atom. The first-order valence-electron chi connectivity index (χ1n) is 27.1. The number of carbonyl (C=O) groups excluding carboxylic acids is 2. The fourth-order valence-electron chi connectivity index (χ4n) is 7.07. The van der Waals surface area contributed by atoms with Crippen molar-refractivity contribution in [1.82, 2.24) is 0 Å². The maximum atomic E-state index is 12.8. The van der Waals surface area contributed by atoms with E-state index in [9.17, 15) is 9.59 Å². The van der Waals surface area contributed by atoms with E-state index in [0.29, 0.717) is 19.4 Å². The molecule has 0 aromatic rings. The van der Waals surface area contributed by atoms with Crippen molar-refractivity contribution in [2.45, 2.75) is 232 Å². The average molecular weight is 913 g/mol. The molecule has 0 radical (unpaired) electrons. The van der Waals surface area contributed by atoms with Gasteiger partial charge in [0.25, 0.3) is 0 Å². The lowest BCUT2D eigenvalue weighted by Gasteiger charge is -2.18. The van der Waals surface area contributed by atoms with Gasteiger partial charge in [0.15, 0.2) is 6.10 Å². The lowest BCUT2D eigenvalue weighted by molar-refractivity contribution is -0.162. The maximum Gasteiger partial charge on any atom is 0.306 e. The molecule has 5 nitrogen and oxygen atoms in total. The summed E-state index contributed by atoms with van der Waals surface area (Å²) in [4.78, 5) is 25.5. The molecule has 0 saturated carbocycles. The van der Waals surface area contributed by atoms with Crippen LogP contribution in [0.3, 0.4) is 0 Å². The number of rotatable bonds is 48. The molecule has 0 aliphatic heterocycles. The Kier molecular flexibility index (Phi) is 52.5. The van der Waals surface area contributed by atoms with Crippen LogP contribution in [-0.2, 0) is 23.8 Å². The molecule has 0 amide bonds. The van der Waals surface area contributed by atoms with Gasteiger partial charge in [0.2, 0.25) is 0 Å². The van der Waals surface area contributed by atoms with E-state index in [0.717, 1.165) is 116 Å². The summed E-state index contributed by atoms with van der Waals surface area (Å²) >= 11 is 0. The summed E-state index contributed by atoms with van der Waals surface area (Å²) in [6, 6.07) is 0. The molecule has 0 saturated heterocycles. The largest absolute Gasteiger partial charge is 0.462 e. The van der Waals surface area contributed by atoms with Crippen LogP contribution >= 0.6 is 0 Å². The Hall–Kier alpha value is -3.70. The van der Waals surface area contributed by atoms with Crippen molar-refractivity contribution in [3.63, 3.8) is 0 Å². The molecule has 66 heavy (non-hydrogen) atoms. The first-order valence-corrected chi connectivity index (χ1v) is 27.1. The van der Waals surface area contributed by atoms with Gasteiger partial charge in [-0.25, -0.2) is 0 Å². The van der Waals surface area contributed by atoms with Crippen molar-refractivity contribution in [3.05, 3.63) is 122 Å². The minimum Gasteiger partial charge on any atom is -0.462 e. The van der Waals surface area contributed by atoms with Crippen molar-refractivity contribution in [2.75, 3.05) is 19.8 Å². The Morgan fingerprint density at radius 3 is 1.09 bits per heavy atom. The third kappa shape index (κ3) is 52.9. The van der Waals surface area contributed by atoms with Gasteiger partial charge in [-0.15, -0.1) is 0 Å². The Balaban J connectivity index is 4.45. The van der Waals surface area contributed by atoms with Crippen LogP contribution in [0.4, 0.5) is 0 Å². The second-order valence-corrected chi connectivity index (χ2v) is 17.4. The van der Waals surface area contributed by atoms with Crippen LogP contribution in [0, 0.1) is 0 Å².